The summed E-state index contributed by atoms with van der Waals surface area (Å²) >= 11 is 0. The van der Waals surface area contributed by atoms with Gasteiger partial charge in [0.2, 0.25) is 0 Å². The van der Waals surface area contributed by atoms with Crippen LogP contribution in [0.2, 0.25) is 0 Å². The van der Waals surface area contributed by atoms with Gasteiger partial charge in [-0.1, -0.05) is 12.1 Å². The van der Waals surface area contributed by atoms with E-state index in [0.29, 0.717) is 18.9 Å². The summed E-state index contributed by atoms with van der Waals surface area (Å²) in [4.78, 5) is 4.39. The minimum absolute atomic E-state index is 0.0130. The highest BCUT2D eigenvalue weighted by Crippen LogP contribution is 2.20. The largest absolute Gasteiger partial charge is 0.497 e. The standard InChI is InChI=1S/C13H17NO3/c1-13(8-15)9-17-12(14-13)7-10-3-5-11(16-2)6-4-10/h3-6,15H,7-9H2,1-2H3/t13-/m0/s1. The van der Waals surface area contributed by atoms with Gasteiger partial charge in [-0.3, -0.25) is 0 Å². The summed E-state index contributed by atoms with van der Waals surface area (Å²) in [6.45, 7) is 2.35. The zero-order valence-corrected chi connectivity index (χ0v) is 10.1. The van der Waals surface area contributed by atoms with Crippen LogP contribution in [0.1, 0.15) is 12.5 Å². The van der Waals surface area contributed by atoms with Gasteiger partial charge in [-0.15, -0.1) is 0 Å². The summed E-state index contributed by atoms with van der Waals surface area (Å²) in [5, 5.41) is 9.17. The Labute approximate surface area is 101 Å². The SMILES string of the molecule is COc1ccc(CC2=N[C@@](C)(CO)CO2)cc1. The van der Waals surface area contributed by atoms with E-state index in [-0.39, 0.29) is 6.61 Å². The van der Waals surface area contributed by atoms with E-state index in [2.05, 4.69) is 4.99 Å². The lowest BCUT2D eigenvalue weighted by atomic mass is 10.1. The predicted molar refractivity (Wildman–Crippen MR) is 65.6 cm³/mol. The van der Waals surface area contributed by atoms with Crippen molar-refractivity contribution in [2.75, 3.05) is 20.3 Å². The highest BCUT2D eigenvalue weighted by Gasteiger charge is 2.30. The first kappa shape index (κ1) is 11.9. The fraction of sp³-hybridized carbons (Fsp3) is 0.462. The van der Waals surface area contributed by atoms with E-state index >= 15 is 0 Å². The van der Waals surface area contributed by atoms with Gasteiger partial charge in [0.1, 0.15) is 17.9 Å². The van der Waals surface area contributed by atoms with Gasteiger partial charge in [0.15, 0.2) is 5.90 Å². The Morgan fingerprint density at radius 3 is 2.65 bits per heavy atom. The van der Waals surface area contributed by atoms with E-state index in [1.807, 2.05) is 31.2 Å². The molecule has 0 bridgehead atoms. The van der Waals surface area contributed by atoms with E-state index in [1.54, 1.807) is 7.11 Å². The molecule has 1 aromatic rings. The molecule has 0 saturated heterocycles. The number of methoxy groups -OCH3 is 1. The monoisotopic (exact) mass is 235 g/mol. The van der Waals surface area contributed by atoms with Gasteiger partial charge in [-0.2, -0.15) is 0 Å². The highest BCUT2D eigenvalue weighted by molar-refractivity contribution is 5.80. The number of benzene rings is 1. The summed E-state index contributed by atoms with van der Waals surface area (Å²) in [7, 11) is 1.64. The normalized spacial score (nSPS) is 23.1. The molecule has 0 radical (unpaired) electrons. The molecule has 1 atom stereocenters. The molecule has 4 nitrogen and oxygen atoms in total. The molecule has 0 fully saturated rings. The van der Waals surface area contributed by atoms with E-state index in [0.717, 1.165) is 11.3 Å². The first-order chi connectivity index (χ1) is 8.15. The maximum absolute atomic E-state index is 9.17. The van der Waals surface area contributed by atoms with Crippen molar-refractivity contribution in [3.05, 3.63) is 29.8 Å². The minimum Gasteiger partial charge on any atom is -0.497 e. The van der Waals surface area contributed by atoms with Crippen molar-refractivity contribution in [2.24, 2.45) is 4.99 Å². The predicted octanol–water partition coefficient (Wildman–Crippen LogP) is 1.42. The molecule has 0 saturated carbocycles. The first-order valence-corrected chi connectivity index (χ1v) is 5.60. The summed E-state index contributed by atoms with van der Waals surface area (Å²) in [6.07, 6.45) is 0.652. The number of rotatable bonds is 4. The molecule has 17 heavy (non-hydrogen) atoms. The van der Waals surface area contributed by atoms with Crippen LogP contribution in [-0.4, -0.2) is 36.9 Å². The topological polar surface area (TPSA) is 51.0 Å². The zero-order chi connectivity index (χ0) is 12.3. The lowest BCUT2D eigenvalue weighted by Crippen LogP contribution is -2.28. The fourth-order valence-electron chi connectivity index (χ4n) is 1.69. The molecule has 0 amide bonds. The summed E-state index contributed by atoms with van der Waals surface area (Å²) in [5.74, 6) is 1.52. The Kier molecular flexibility index (Phi) is 3.33. The Hall–Kier alpha value is -1.55. The van der Waals surface area contributed by atoms with Crippen molar-refractivity contribution in [2.45, 2.75) is 18.9 Å². The lowest BCUT2D eigenvalue weighted by molar-refractivity contribution is 0.169. The summed E-state index contributed by atoms with van der Waals surface area (Å²) < 4.78 is 10.6. The van der Waals surface area contributed by atoms with Gasteiger partial charge in [-0.05, 0) is 24.6 Å². The second-order valence-electron chi connectivity index (χ2n) is 4.47. The van der Waals surface area contributed by atoms with Crippen LogP contribution in [0, 0.1) is 0 Å². The van der Waals surface area contributed by atoms with Crippen LogP contribution >= 0.6 is 0 Å². The Balaban J connectivity index is 2.04. The third-order valence-electron chi connectivity index (χ3n) is 2.80. The molecule has 2 rings (SSSR count). The van der Waals surface area contributed by atoms with Gasteiger partial charge in [0.25, 0.3) is 0 Å². The Bertz CT molecular complexity index is 413. The molecule has 92 valence electrons. The number of hydrogen-bond donors (Lipinski definition) is 1. The summed E-state index contributed by atoms with van der Waals surface area (Å²) in [6, 6.07) is 7.80. The van der Waals surface area contributed by atoms with Crippen LogP contribution in [-0.2, 0) is 11.2 Å². The number of aliphatic hydroxyl groups excluding tert-OH is 1. The number of aliphatic hydroxyl groups is 1. The van der Waals surface area contributed by atoms with E-state index in [4.69, 9.17) is 9.47 Å². The third kappa shape index (κ3) is 2.77. The van der Waals surface area contributed by atoms with E-state index < -0.39 is 5.54 Å². The average molecular weight is 235 g/mol. The van der Waals surface area contributed by atoms with Crippen LogP contribution in [0.25, 0.3) is 0 Å². The number of nitrogens with zero attached hydrogens (tertiary/aromatic N) is 1. The van der Waals surface area contributed by atoms with Gasteiger partial charge >= 0.3 is 0 Å². The maximum Gasteiger partial charge on any atom is 0.188 e. The molecular weight excluding hydrogens is 218 g/mol. The highest BCUT2D eigenvalue weighted by atomic mass is 16.5. The molecule has 4 heteroatoms. The Morgan fingerprint density at radius 1 is 1.41 bits per heavy atom. The number of aliphatic imine (C=N–C) groups is 1. The smallest absolute Gasteiger partial charge is 0.188 e. The molecule has 0 aliphatic carbocycles. The van der Waals surface area contributed by atoms with Crippen molar-refractivity contribution >= 4 is 5.90 Å². The third-order valence-corrected chi connectivity index (χ3v) is 2.80. The molecule has 1 aromatic carbocycles. The fourth-order valence-corrected chi connectivity index (χ4v) is 1.69. The second kappa shape index (κ2) is 4.75. The second-order valence-corrected chi connectivity index (χ2v) is 4.47. The van der Waals surface area contributed by atoms with Crippen LogP contribution in [0.15, 0.2) is 29.3 Å². The molecule has 1 aliphatic heterocycles. The Morgan fingerprint density at radius 2 is 2.12 bits per heavy atom. The maximum atomic E-state index is 9.17. The average Bonchev–Trinajstić information content (AvgIpc) is 2.73. The van der Waals surface area contributed by atoms with Crippen molar-refractivity contribution < 1.29 is 14.6 Å². The molecule has 1 N–H and O–H groups in total. The first-order valence-electron chi connectivity index (χ1n) is 5.60. The van der Waals surface area contributed by atoms with Gasteiger partial charge in [-0.25, -0.2) is 4.99 Å². The minimum atomic E-state index is -0.470. The molecule has 0 spiro atoms. The lowest BCUT2D eigenvalue weighted by Gasteiger charge is -2.12. The van der Waals surface area contributed by atoms with Crippen molar-refractivity contribution in [1.29, 1.82) is 0 Å². The van der Waals surface area contributed by atoms with Crippen molar-refractivity contribution in [1.82, 2.24) is 0 Å². The van der Waals surface area contributed by atoms with E-state index in [1.165, 1.54) is 0 Å². The number of hydrogen-bond acceptors (Lipinski definition) is 4. The number of ether oxygens (including phenoxy) is 2. The molecule has 1 aliphatic rings. The quantitative estimate of drug-likeness (QED) is 0.858. The molecule has 0 unspecified atom stereocenters. The van der Waals surface area contributed by atoms with E-state index in [9.17, 15) is 5.11 Å². The summed E-state index contributed by atoms with van der Waals surface area (Å²) in [5.41, 5.74) is 0.647. The molecular formula is C13H17NO3. The van der Waals surface area contributed by atoms with Crippen LogP contribution in [0.5, 0.6) is 5.75 Å². The van der Waals surface area contributed by atoms with Gasteiger partial charge in [0.05, 0.1) is 13.7 Å². The van der Waals surface area contributed by atoms with Gasteiger partial charge in [0, 0.05) is 6.42 Å². The van der Waals surface area contributed by atoms with Crippen LogP contribution in [0.3, 0.4) is 0 Å². The van der Waals surface area contributed by atoms with Crippen LogP contribution < -0.4 is 4.74 Å². The van der Waals surface area contributed by atoms with Crippen LogP contribution in [0.4, 0.5) is 0 Å². The van der Waals surface area contributed by atoms with Crippen molar-refractivity contribution in [3.63, 3.8) is 0 Å². The molecule has 0 aromatic heterocycles. The zero-order valence-electron chi connectivity index (χ0n) is 10.1. The van der Waals surface area contributed by atoms with Gasteiger partial charge < -0.3 is 14.6 Å². The molecule has 1 heterocycles. The van der Waals surface area contributed by atoms with Crippen molar-refractivity contribution in [3.8, 4) is 5.75 Å².